The number of aryl methyl sites for hydroxylation is 1. The molecule has 3 heteroatoms. The number of hydrogen-bond donors (Lipinski definition) is 1. The first-order valence-corrected chi connectivity index (χ1v) is 8.10. The Labute approximate surface area is 134 Å². The largest absolute Gasteiger partial charge is 0.307 e. The summed E-state index contributed by atoms with van der Waals surface area (Å²) in [5, 5.41) is 4.29. The highest BCUT2D eigenvalue weighted by atomic mass is 79.9. The molecule has 0 aliphatic rings. The monoisotopic (exact) mass is 351 g/mol. The molecular formula is C17H19BrClN. The zero-order valence-electron chi connectivity index (χ0n) is 11.8. The molecule has 0 radical (unpaired) electrons. The Morgan fingerprint density at radius 3 is 2.50 bits per heavy atom. The van der Waals surface area contributed by atoms with Gasteiger partial charge in [0.25, 0.3) is 0 Å². The molecule has 2 rings (SSSR count). The molecule has 0 aliphatic carbocycles. The smallest absolute Gasteiger partial charge is 0.0577 e. The maximum atomic E-state index is 6.09. The first-order chi connectivity index (χ1) is 9.65. The molecule has 0 fully saturated rings. The van der Waals surface area contributed by atoms with Gasteiger partial charge >= 0.3 is 0 Å². The Morgan fingerprint density at radius 2 is 1.85 bits per heavy atom. The van der Waals surface area contributed by atoms with Gasteiger partial charge in [0.15, 0.2) is 0 Å². The van der Waals surface area contributed by atoms with E-state index in [2.05, 4.69) is 71.5 Å². The van der Waals surface area contributed by atoms with Crippen LogP contribution in [0.2, 0.25) is 5.02 Å². The summed E-state index contributed by atoms with van der Waals surface area (Å²) in [6, 6.07) is 15.1. The Kier molecular flexibility index (Phi) is 5.64. The van der Waals surface area contributed by atoms with Gasteiger partial charge in [-0.15, -0.1) is 0 Å². The lowest BCUT2D eigenvalue weighted by Gasteiger charge is -2.20. The molecule has 106 valence electrons. The van der Waals surface area contributed by atoms with Crippen LogP contribution in [0.25, 0.3) is 0 Å². The lowest BCUT2D eigenvalue weighted by atomic mass is 9.96. The third kappa shape index (κ3) is 3.63. The summed E-state index contributed by atoms with van der Waals surface area (Å²) < 4.78 is 0.936. The van der Waals surface area contributed by atoms with Crippen molar-refractivity contribution >= 4 is 27.5 Å². The molecule has 20 heavy (non-hydrogen) atoms. The Bertz CT molecular complexity index is 583. The molecule has 0 bridgehead atoms. The standard InChI is InChI=1S/C17H19BrClN/c1-3-12-6-5-7-13(10-12)17(20-4-2)14-8-9-16(19)15(18)11-14/h5-11,17,20H,3-4H2,1-2H3. The maximum Gasteiger partial charge on any atom is 0.0577 e. The summed E-state index contributed by atoms with van der Waals surface area (Å²) in [5.41, 5.74) is 3.87. The molecule has 0 saturated heterocycles. The quantitative estimate of drug-likeness (QED) is 0.763. The molecule has 1 nitrogen and oxygen atoms in total. The Balaban J connectivity index is 2.41. The number of nitrogens with one attached hydrogen (secondary N) is 1. The fourth-order valence-corrected chi connectivity index (χ4v) is 2.83. The van der Waals surface area contributed by atoms with Crippen molar-refractivity contribution in [3.05, 3.63) is 68.7 Å². The van der Waals surface area contributed by atoms with Crippen molar-refractivity contribution in [2.45, 2.75) is 26.3 Å². The minimum absolute atomic E-state index is 0.195. The molecule has 2 aromatic rings. The number of benzene rings is 2. The highest BCUT2D eigenvalue weighted by Crippen LogP contribution is 2.29. The lowest BCUT2D eigenvalue weighted by molar-refractivity contribution is 0.630. The van der Waals surface area contributed by atoms with E-state index < -0.39 is 0 Å². The molecule has 0 saturated carbocycles. The van der Waals surface area contributed by atoms with E-state index in [9.17, 15) is 0 Å². The fraction of sp³-hybridized carbons (Fsp3) is 0.294. The summed E-state index contributed by atoms with van der Waals surface area (Å²) in [6.07, 6.45) is 1.05. The van der Waals surface area contributed by atoms with E-state index in [-0.39, 0.29) is 6.04 Å². The van der Waals surface area contributed by atoms with Crippen molar-refractivity contribution < 1.29 is 0 Å². The van der Waals surface area contributed by atoms with Crippen LogP contribution in [0.15, 0.2) is 46.9 Å². The van der Waals surface area contributed by atoms with Gasteiger partial charge in [0.05, 0.1) is 11.1 Å². The van der Waals surface area contributed by atoms with Crippen LogP contribution < -0.4 is 5.32 Å². The average Bonchev–Trinajstić information content (AvgIpc) is 2.48. The summed E-state index contributed by atoms with van der Waals surface area (Å²) in [5.74, 6) is 0. The van der Waals surface area contributed by atoms with Gasteiger partial charge in [-0.2, -0.15) is 0 Å². The molecule has 0 heterocycles. The van der Waals surface area contributed by atoms with Crippen LogP contribution in [0, 0.1) is 0 Å². The minimum atomic E-state index is 0.195. The molecular weight excluding hydrogens is 334 g/mol. The van der Waals surface area contributed by atoms with E-state index in [0.29, 0.717) is 0 Å². The van der Waals surface area contributed by atoms with Crippen molar-refractivity contribution in [1.82, 2.24) is 5.32 Å². The molecule has 0 aromatic heterocycles. The summed E-state index contributed by atoms with van der Waals surface area (Å²) >= 11 is 9.60. The second-order valence-electron chi connectivity index (χ2n) is 4.76. The van der Waals surface area contributed by atoms with E-state index in [1.807, 2.05) is 6.07 Å². The highest BCUT2D eigenvalue weighted by molar-refractivity contribution is 9.10. The van der Waals surface area contributed by atoms with Gasteiger partial charge in [0.2, 0.25) is 0 Å². The summed E-state index contributed by atoms with van der Waals surface area (Å²) in [6.45, 7) is 5.23. The second kappa shape index (κ2) is 7.26. The molecule has 1 atom stereocenters. The third-order valence-corrected chi connectivity index (χ3v) is 4.59. The molecule has 2 aromatic carbocycles. The first kappa shape index (κ1) is 15.6. The van der Waals surface area contributed by atoms with Gasteiger partial charge in [0.1, 0.15) is 0 Å². The van der Waals surface area contributed by atoms with Crippen LogP contribution in [-0.4, -0.2) is 6.54 Å². The second-order valence-corrected chi connectivity index (χ2v) is 6.02. The van der Waals surface area contributed by atoms with Crippen LogP contribution in [0.4, 0.5) is 0 Å². The molecule has 0 spiro atoms. The fourth-order valence-electron chi connectivity index (χ4n) is 2.32. The van der Waals surface area contributed by atoms with E-state index in [4.69, 9.17) is 11.6 Å². The van der Waals surface area contributed by atoms with E-state index >= 15 is 0 Å². The first-order valence-electron chi connectivity index (χ1n) is 6.92. The van der Waals surface area contributed by atoms with Crippen LogP contribution >= 0.6 is 27.5 Å². The number of rotatable bonds is 5. The normalized spacial score (nSPS) is 12.4. The SMILES string of the molecule is CCNC(c1cccc(CC)c1)c1ccc(Cl)c(Br)c1. The predicted molar refractivity (Wildman–Crippen MR) is 90.5 cm³/mol. The van der Waals surface area contributed by atoms with Gasteiger partial charge < -0.3 is 5.32 Å². The summed E-state index contributed by atoms with van der Waals surface area (Å²) in [4.78, 5) is 0. The van der Waals surface area contributed by atoms with E-state index in [0.717, 1.165) is 22.5 Å². The van der Waals surface area contributed by atoms with Gasteiger partial charge in [-0.25, -0.2) is 0 Å². The summed E-state index contributed by atoms with van der Waals surface area (Å²) in [7, 11) is 0. The van der Waals surface area contributed by atoms with Crippen LogP contribution in [-0.2, 0) is 6.42 Å². The van der Waals surface area contributed by atoms with Gasteiger partial charge in [0, 0.05) is 4.47 Å². The van der Waals surface area contributed by atoms with Crippen LogP contribution in [0.3, 0.4) is 0 Å². The van der Waals surface area contributed by atoms with Crippen molar-refractivity contribution in [2.24, 2.45) is 0 Å². The minimum Gasteiger partial charge on any atom is -0.307 e. The lowest BCUT2D eigenvalue weighted by Crippen LogP contribution is -2.22. The third-order valence-electron chi connectivity index (χ3n) is 3.38. The number of hydrogen-bond acceptors (Lipinski definition) is 1. The van der Waals surface area contributed by atoms with Gasteiger partial charge in [-0.1, -0.05) is 55.8 Å². The number of halogens is 2. The Hall–Kier alpha value is -0.830. The van der Waals surface area contributed by atoms with Crippen LogP contribution in [0.1, 0.15) is 36.6 Å². The van der Waals surface area contributed by atoms with E-state index in [1.54, 1.807) is 0 Å². The zero-order chi connectivity index (χ0) is 14.5. The van der Waals surface area contributed by atoms with Gasteiger partial charge in [-0.05, 0) is 57.7 Å². The van der Waals surface area contributed by atoms with Crippen molar-refractivity contribution in [1.29, 1.82) is 0 Å². The molecule has 0 aliphatic heterocycles. The van der Waals surface area contributed by atoms with Gasteiger partial charge in [-0.3, -0.25) is 0 Å². The average molecular weight is 353 g/mol. The molecule has 1 N–H and O–H groups in total. The Morgan fingerprint density at radius 1 is 1.10 bits per heavy atom. The highest BCUT2D eigenvalue weighted by Gasteiger charge is 2.14. The van der Waals surface area contributed by atoms with Crippen molar-refractivity contribution in [3.63, 3.8) is 0 Å². The van der Waals surface area contributed by atoms with E-state index in [1.165, 1.54) is 16.7 Å². The molecule has 0 amide bonds. The zero-order valence-corrected chi connectivity index (χ0v) is 14.1. The van der Waals surface area contributed by atoms with Crippen molar-refractivity contribution in [3.8, 4) is 0 Å². The van der Waals surface area contributed by atoms with Crippen LogP contribution in [0.5, 0.6) is 0 Å². The van der Waals surface area contributed by atoms with Crippen molar-refractivity contribution in [2.75, 3.05) is 6.54 Å². The maximum absolute atomic E-state index is 6.09. The molecule has 1 unspecified atom stereocenters. The topological polar surface area (TPSA) is 12.0 Å². The predicted octanol–water partition coefficient (Wildman–Crippen LogP) is 5.36.